The van der Waals surface area contributed by atoms with Gasteiger partial charge >= 0.3 is 20.1 Å². The minimum Gasteiger partial charge on any atom is -0.469 e. The van der Waals surface area contributed by atoms with Crippen molar-refractivity contribution in [1.82, 2.24) is 0 Å². The quantitative estimate of drug-likeness (QED) is 0.623. The summed E-state index contributed by atoms with van der Waals surface area (Å²) in [5.74, 6) is -0.291. The van der Waals surface area contributed by atoms with E-state index >= 15 is 0 Å². The Labute approximate surface area is 166 Å². The first-order valence-corrected chi connectivity index (χ1v) is 9.69. The maximum absolute atomic E-state index is 12.2. The van der Waals surface area contributed by atoms with Crippen LogP contribution in [-0.2, 0) is 18.8 Å². The smallest absolute Gasteiger partial charge is 0.458 e. The van der Waals surface area contributed by atoms with Crippen molar-refractivity contribution >= 4 is 42.2 Å². The zero-order chi connectivity index (χ0) is 20.1. The molecule has 0 saturated carbocycles. The van der Waals surface area contributed by atoms with Gasteiger partial charge in [-0.05, 0) is 45.2 Å². The number of hydrogen-bond acceptors (Lipinski definition) is 6. The van der Waals surface area contributed by atoms with Gasteiger partial charge in [-0.3, -0.25) is 4.79 Å². The van der Waals surface area contributed by atoms with Crippen LogP contribution in [0.25, 0.3) is 10.8 Å². The first-order chi connectivity index (χ1) is 13.2. The Balaban J connectivity index is 1.68. The Morgan fingerprint density at radius 2 is 1.57 bits per heavy atom. The molecular formula is C20H26B2N2O4. The van der Waals surface area contributed by atoms with Crippen molar-refractivity contribution in [2.75, 3.05) is 17.6 Å². The number of hydrogen-bond donors (Lipinski definition) is 2. The molecule has 8 heteroatoms. The molecule has 6 nitrogen and oxygen atoms in total. The molecule has 2 aliphatic rings. The lowest BCUT2D eigenvalue weighted by molar-refractivity contribution is -0.140. The fourth-order valence-corrected chi connectivity index (χ4v) is 3.88. The van der Waals surface area contributed by atoms with Crippen molar-refractivity contribution in [1.29, 1.82) is 0 Å². The van der Waals surface area contributed by atoms with Crippen LogP contribution in [0.15, 0.2) is 36.4 Å². The van der Waals surface area contributed by atoms with Crippen molar-refractivity contribution in [2.45, 2.75) is 51.0 Å². The number of carbonyl (C=O) groups excluding carboxylic acids is 1. The first kappa shape index (κ1) is 19.2. The molecule has 0 spiro atoms. The summed E-state index contributed by atoms with van der Waals surface area (Å²) < 4.78 is 17.5. The predicted octanol–water partition coefficient (Wildman–Crippen LogP) is 3.73. The first-order valence-electron chi connectivity index (χ1n) is 9.69. The summed E-state index contributed by atoms with van der Waals surface area (Å²) in [6, 6.07) is 12.3. The molecule has 4 rings (SSSR count). The molecular weight excluding hydrogens is 354 g/mol. The lowest BCUT2D eigenvalue weighted by Crippen LogP contribution is -2.49. The summed E-state index contributed by atoms with van der Waals surface area (Å²) in [4.78, 5) is 12.2. The molecule has 1 saturated heterocycles. The van der Waals surface area contributed by atoms with Crippen LogP contribution in [0.1, 0.15) is 34.1 Å². The molecule has 2 aliphatic heterocycles. The van der Waals surface area contributed by atoms with E-state index in [2.05, 4.69) is 34.7 Å². The molecule has 0 amide bonds. The largest absolute Gasteiger partial charge is 0.469 e. The van der Waals surface area contributed by atoms with Crippen molar-refractivity contribution in [3.63, 3.8) is 0 Å². The van der Waals surface area contributed by atoms with E-state index < -0.39 is 18.3 Å². The molecule has 0 radical (unpaired) electrons. The SMILES string of the molecule is COC(=O)C[C@H](B1Nc2cccc3cccc(c23)N1)B1OC(C)(C)C(C)(C)O1. The normalized spacial score (nSPS) is 20.5. The van der Waals surface area contributed by atoms with Crippen molar-refractivity contribution in [3.05, 3.63) is 36.4 Å². The van der Waals surface area contributed by atoms with Crippen molar-refractivity contribution < 1.29 is 18.8 Å². The van der Waals surface area contributed by atoms with E-state index in [4.69, 9.17) is 14.0 Å². The highest BCUT2D eigenvalue weighted by Crippen LogP contribution is 2.43. The molecule has 28 heavy (non-hydrogen) atoms. The standard InChI is InChI=1S/C20H26B2N2O4/c1-19(2)20(3,4)28-22(27-19)16(12-17(25)26-5)21-23-14-10-6-8-13-9-7-11-15(24-21)18(13)14/h6-11,16,23-24H,12H2,1-5H3/t16-/m1/s1. The molecule has 146 valence electrons. The van der Waals surface area contributed by atoms with Crippen LogP contribution in [0, 0.1) is 0 Å². The predicted molar refractivity (Wildman–Crippen MR) is 113 cm³/mol. The third kappa shape index (κ3) is 3.14. The summed E-state index contributed by atoms with van der Waals surface area (Å²) in [6.07, 6.45) is 0.177. The number of rotatable bonds is 4. The Morgan fingerprint density at radius 1 is 1.04 bits per heavy atom. The second kappa shape index (κ2) is 6.71. The van der Waals surface area contributed by atoms with E-state index in [9.17, 15) is 4.79 Å². The molecule has 1 fully saturated rings. The minimum atomic E-state index is -0.543. The Bertz CT molecular complexity index is 861. The van der Waals surface area contributed by atoms with E-state index in [1.54, 1.807) is 0 Å². The lowest BCUT2D eigenvalue weighted by Gasteiger charge is -2.32. The van der Waals surface area contributed by atoms with Gasteiger partial charge in [0, 0.05) is 28.9 Å². The zero-order valence-electron chi connectivity index (χ0n) is 17.0. The number of anilines is 2. The average molecular weight is 380 g/mol. The van der Waals surface area contributed by atoms with Crippen LogP contribution in [0.3, 0.4) is 0 Å². The highest BCUT2D eigenvalue weighted by Gasteiger charge is 2.57. The second-order valence-corrected chi connectivity index (χ2v) is 8.54. The Hall–Kier alpha value is -2.18. The van der Waals surface area contributed by atoms with Gasteiger partial charge in [-0.25, -0.2) is 0 Å². The van der Waals surface area contributed by atoms with Crippen molar-refractivity contribution in [2.24, 2.45) is 0 Å². The summed E-state index contributed by atoms with van der Waals surface area (Å²) in [6.45, 7) is 7.81. The molecule has 0 aliphatic carbocycles. The van der Waals surface area contributed by atoms with Crippen LogP contribution in [0.4, 0.5) is 11.4 Å². The molecule has 0 unspecified atom stereocenters. The van der Waals surface area contributed by atoms with Gasteiger partial charge in [0.25, 0.3) is 0 Å². The van der Waals surface area contributed by atoms with Crippen LogP contribution in [0.5, 0.6) is 0 Å². The lowest BCUT2D eigenvalue weighted by atomic mass is 9.44. The van der Waals surface area contributed by atoms with E-state index in [0.717, 1.165) is 22.1 Å². The fourth-order valence-electron chi connectivity index (χ4n) is 3.88. The average Bonchev–Trinajstić information content (AvgIpc) is 2.87. The number of ether oxygens (including phenoxy) is 1. The molecule has 2 N–H and O–H groups in total. The molecule has 0 aromatic heterocycles. The topological polar surface area (TPSA) is 68.8 Å². The maximum atomic E-state index is 12.2. The van der Waals surface area contributed by atoms with Crippen LogP contribution < -0.4 is 10.5 Å². The van der Waals surface area contributed by atoms with Gasteiger partial charge in [-0.1, -0.05) is 24.3 Å². The van der Waals surface area contributed by atoms with Gasteiger partial charge in [0.2, 0.25) is 0 Å². The fraction of sp³-hybridized carbons (Fsp3) is 0.450. The Kier molecular flexibility index (Phi) is 4.59. The van der Waals surface area contributed by atoms with E-state index in [0.29, 0.717) is 0 Å². The number of methoxy groups -OCH3 is 1. The third-order valence-corrected chi connectivity index (χ3v) is 6.21. The van der Waals surface area contributed by atoms with Gasteiger partial charge in [0.05, 0.1) is 18.3 Å². The summed E-state index contributed by atoms with van der Waals surface area (Å²) >= 11 is 0. The second-order valence-electron chi connectivity index (χ2n) is 8.54. The number of esters is 1. The van der Waals surface area contributed by atoms with Gasteiger partial charge < -0.3 is 24.5 Å². The molecule has 2 aromatic rings. The third-order valence-electron chi connectivity index (χ3n) is 6.21. The minimum absolute atomic E-state index is 0.177. The summed E-state index contributed by atoms with van der Waals surface area (Å²) in [5, 5.41) is 9.39. The van der Waals surface area contributed by atoms with Gasteiger partial charge in [0.1, 0.15) is 0 Å². The zero-order valence-corrected chi connectivity index (χ0v) is 17.0. The Morgan fingerprint density at radius 3 is 2.07 bits per heavy atom. The van der Waals surface area contributed by atoms with E-state index in [1.165, 1.54) is 7.11 Å². The highest BCUT2D eigenvalue weighted by molar-refractivity contribution is 6.80. The monoisotopic (exact) mass is 380 g/mol. The van der Waals surface area contributed by atoms with Crippen molar-refractivity contribution in [3.8, 4) is 0 Å². The van der Waals surface area contributed by atoms with Crippen LogP contribution in [0.2, 0.25) is 5.72 Å². The highest BCUT2D eigenvalue weighted by atomic mass is 16.7. The molecule has 2 aromatic carbocycles. The maximum Gasteiger partial charge on any atom is 0.458 e. The molecule has 2 heterocycles. The summed E-state index contributed by atoms with van der Waals surface area (Å²) in [7, 11) is 0.861. The van der Waals surface area contributed by atoms with Gasteiger partial charge in [-0.15, -0.1) is 0 Å². The van der Waals surface area contributed by atoms with Gasteiger partial charge in [0.15, 0.2) is 0 Å². The summed E-state index contributed by atoms with van der Waals surface area (Å²) in [5.41, 5.74) is 0.834. The van der Waals surface area contributed by atoms with Crippen LogP contribution in [-0.4, -0.2) is 38.4 Å². The molecule has 1 atom stereocenters. The number of nitrogens with one attached hydrogen (secondary N) is 2. The van der Waals surface area contributed by atoms with E-state index in [1.807, 2.05) is 39.8 Å². The van der Waals surface area contributed by atoms with Crippen LogP contribution >= 0.6 is 0 Å². The van der Waals surface area contributed by atoms with E-state index in [-0.39, 0.29) is 25.1 Å². The number of carbonyl (C=O) groups is 1. The molecule has 0 bridgehead atoms. The van der Waals surface area contributed by atoms with Gasteiger partial charge in [-0.2, -0.15) is 0 Å². The number of benzene rings is 2.